The van der Waals surface area contributed by atoms with E-state index in [2.05, 4.69) is 5.32 Å². The van der Waals surface area contributed by atoms with E-state index in [1.54, 1.807) is 30.3 Å². The number of nitrogens with one attached hydrogen (secondary N) is 1. The highest BCUT2D eigenvalue weighted by Crippen LogP contribution is 2.32. The van der Waals surface area contributed by atoms with E-state index in [-0.39, 0.29) is 28.4 Å². The lowest BCUT2D eigenvalue weighted by molar-refractivity contribution is -0.384. The minimum absolute atomic E-state index is 0.0301. The van der Waals surface area contributed by atoms with Crippen LogP contribution in [-0.2, 0) is 9.59 Å². The Morgan fingerprint density at radius 3 is 2.46 bits per heavy atom. The second-order valence-electron chi connectivity index (χ2n) is 6.03. The maximum atomic E-state index is 12.6. The second-order valence-corrected chi connectivity index (χ2v) is 7.71. The van der Waals surface area contributed by atoms with Crippen LogP contribution in [0.15, 0.2) is 53.4 Å². The number of anilines is 1. The van der Waals surface area contributed by atoms with Crippen LogP contribution < -0.4 is 5.32 Å². The van der Waals surface area contributed by atoms with Crippen molar-refractivity contribution < 1.29 is 14.5 Å². The SMILES string of the molecule is Cc1ccc(NC(=O)CN2C(=O)/C(=C/c3ccc([N+](=O)[O-])cc3)SC2=S)cc1. The van der Waals surface area contributed by atoms with Gasteiger partial charge in [0, 0.05) is 17.8 Å². The third kappa shape index (κ3) is 4.62. The molecule has 0 bridgehead atoms. The predicted molar refractivity (Wildman–Crippen MR) is 113 cm³/mol. The van der Waals surface area contributed by atoms with Crippen LogP contribution in [0, 0.1) is 17.0 Å². The Labute approximate surface area is 170 Å². The summed E-state index contributed by atoms with van der Waals surface area (Å²) >= 11 is 6.32. The van der Waals surface area contributed by atoms with Gasteiger partial charge >= 0.3 is 0 Å². The molecule has 0 aromatic heterocycles. The number of thiocarbonyl (C=S) groups is 1. The molecule has 0 saturated carbocycles. The lowest BCUT2D eigenvalue weighted by Crippen LogP contribution is -2.36. The average molecular weight is 413 g/mol. The van der Waals surface area contributed by atoms with Gasteiger partial charge in [0.05, 0.1) is 9.83 Å². The summed E-state index contributed by atoms with van der Waals surface area (Å²) in [4.78, 5) is 36.7. The molecule has 3 rings (SSSR count). The largest absolute Gasteiger partial charge is 0.325 e. The molecule has 2 amide bonds. The first-order valence-electron chi connectivity index (χ1n) is 8.20. The number of amides is 2. The van der Waals surface area contributed by atoms with E-state index in [9.17, 15) is 19.7 Å². The Morgan fingerprint density at radius 1 is 1.21 bits per heavy atom. The molecule has 9 heteroatoms. The average Bonchev–Trinajstić information content (AvgIpc) is 2.91. The standard InChI is InChI=1S/C19H15N3O4S2/c1-12-2-6-14(7-3-12)20-17(23)11-21-18(24)16(28-19(21)27)10-13-4-8-15(9-5-13)22(25)26/h2-10H,11H2,1H3,(H,20,23)/b16-10-. The molecule has 2 aromatic rings. The molecule has 7 nitrogen and oxygen atoms in total. The van der Waals surface area contributed by atoms with Crippen molar-refractivity contribution in [2.24, 2.45) is 0 Å². The summed E-state index contributed by atoms with van der Waals surface area (Å²) in [5.74, 6) is -0.718. The Hall–Kier alpha value is -3.04. The van der Waals surface area contributed by atoms with Crippen LogP contribution in [0.5, 0.6) is 0 Å². The van der Waals surface area contributed by atoms with Crippen molar-refractivity contribution in [1.82, 2.24) is 4.90 Å². The van der Waals surface area contributed by atoms with E-state index in [1.165, 1.54) is 17.0 Å². The molecule has 1 fully saturated rings. The summed E-state index contributed by atoms with van der Waals surface area (Å²) in [5, 5.41) is 13.4. The van der Waals surface area contributed by atoms with E-state index < -0.39 is 4.92 Å². The van der Waals surface area contributed by atoms with Gasteiger partial charge in [0.25, 0.3) is 11.6 Å². The van der Waals surface area contributed by atoms with Crippen molar-refractivity contribution >= 4 is 57.6 Å². The van der Waals surface area contributed by atoms with E-state index in [4.69, 9.17) is 12.2 Å². The van der Waals surface area contributed by atoms with Crippen LogP contribution in [0.3, 0.4) is 0 Å². The van der Waals surface area contributed by atoms with Gasteiger partial charge in [0.2, 0.25) is 5.91 Å². The number of carbonyl (C=O) groups is 2. The van der Waals surface area contributed by atoms with E-state index >= 15 is 0 Å². The predicted octanol–water partition coefficient (Wildman–Crippen LogP) is 3.74. The van der Waals surface area contributed by atoms with Crippen LogP contribution in [0.4, 0.5) is 11.4 Å². The highest BCUT2D eigenvalue weighted by atomic mass is 32.2. The van der Waals surface area contributed by atoms with Crippen LogP contribution in [-0.4, -0.2) is 32.5 Å². The van der Waals surface area contributed by atoms with Gasteiger partial charge in [-0.1, -0.05) is 41.7 Å². The summed E-state index contributed by atoms with van der Waals surface area (Å²) in [6, 6.07) is 13.1. The summed E-state index contributed by atoms with van der Waals surface area (Å²) in [5.41, 5.74) is 2.32. The first-order valence-corrected chi connectivity index (χ1v) is 9.42. The van der Waals surface area contributed by atoms with Gasteiger partial charge in [-0.05, 0) is 42.8 Å². The molecule has 0 spiro atoms. The Kier molecular flexibility index (Phi) is 5.86. The quantitative estimate of drug-likeness (QED) is 0.347. The van der Waals surface area contributed by atoms with E-state index in [0.717, 1.165) is 17.3 Å². The molecular weight excluding hydrogens is 398 g/mol. The number of hydrogen-bond acceptors (Lipinski definition) is 6. The number of rotatable bonds is 5. The van der Waals surface area contributed by atoms with E-state index in [0.29, 0.717) is 16.2 Å². The van der Waals surface area contributed by atoms with E-state index in [1.807, 2.05) is 19.1 Å². The van der Waals surface area contributed by atoms with Gasteiger partial charge in [-0.3, -0.25) is 24.6 Å². The summed E-state index contributed by atoms with van der Waals surface area (Å²) < 4.78 is 0.289. The van der Waals surface area contributed by atoms with Gasteiger partial charge in [-0.15, -0.1) is 0 Å². The van der Waals surface area contributed by atoms with Crippen LogP contribution >= 0.6 is 24.0 Å². The molecule has 1 aliphatic rings. The Bertz CT molecular complexity index is 985. The molecule has 0 aliphatic carbocycles. The van der Waals surface area contributed by atoms with Crippen molar-refractivity contribution in [3.63, 3.8) is 0 Å². The summed E-state index contributed by atoms with van der Waals surface area (Å²) in [7, 11) is 0. The first-order chi connectivity index (χ1) is 13.3. The molecule has 0 radical (unpaired) electrons. The zero-order valence-electron chi connectivity index (χ0n) is 14.7. The molecule has 142 valence electrons. The molecule has 1 saturated heterocycles. The van der Waals surface area contributed by atoms with Crippen molar-refractivity contribution in [1.29, 1.82) is 0 Å². The number of nitro groups is 1. The van der Waals surface area contributed by atoms with Crippen molar-refractivity contribution in [2.45, 2.75) is 6.92 Å². The van der Waals surface area contributed by atoms with Crippen molar-refractivity contribution in [2.75, 3.05) is 11.9 Å². The van der Waals surface area contributed by atoms with Crippen LogP contribution in [0.2, 0.25) is 0 Å². The third-order valence-electron chi connectivity index (χ3n) is 3.91. The highest BCUT2D eigenvalue weighted by molar-refractivity contribution is 8.26. The minimum Gasteiger partial charge on any atom is -0.325 e. The summed E-state index contributed by atoms with van der Waals surface area (Å²) in [6.07, 6.45) is 1.60. The maximum Gasteiger partial charge on any atom is 0.269 e. The lowest BCUT2D eigenvalue weighted by Gasteiger charge is -2.14. The molecular formula is C19H15N3O4S2. The molecule has 0 unspecified atom stereocenters. The van der Waals surface area contributed by atoms with Crippen molar-refractivity contribution in [3.8, 4) is 0 Å². The highest BCUT2D eigenvalue weighted by Gasteiger charge is 2.33. The van der Waals surface area contributed by atoms with Gasteiger partial charge in [-0.2, -0.15) is 0 Å². The van der Waals surface area contributed by atoms with Gasteiger partial charge in [-0.25, -0.2) is 0 Å². The number of carbonyl (C=O) groups excluding carboxylic acids is 2. The lowest BCUT2D eigenvalue weighted by atomic mass is 10.2. The third-order valence-corrected chi connectivity index (χ3v) is 5.29. The van der Waals surface area contributed by atoms with Crippen LogP contribution in [0.25, 0.3) is 6.08 Å². The van der Waals surface area contributed by atoms with Crippen LogP contribution in [0.1, 0.15) is 11.1 Å². The van der Waals surface area contributed by atoms with Gasteiger partial charge in [0.1, 0.15) is 10.9 Å². The molecule has 1 aliphatic heterocycles. The molecule has 2 aromatic carbocycles. The first kappa shape index (κ1) is 19.7. The van der Waals surface area contributed by atoms with Gasteiger partial charge < -0.3 is 5.32 Å². The number of aryl methyl sites for hydroxylation is 1. The number of hydrogen-bond donors (Lipinski definition) is 1. The molecule has 1 N–H and O–H groups in total. The number of nitrogens with zero attached hydrogens (tertiary/aromatic N) is 2. The smallest absolute Gasteiger partial charge is 0.269 e. The number of non-ortho nitro benzene ring substituents is 1. The zero-order valence-corrected chi connectivity index (χ0v) is 16.4. The Balaban J connectivity index is 1.68. The molecule has 28 heavy (non-hydrogen) atoms. The fourth-order valence-corrected chi connectivity index (χ4v) is 3.72. The Morgan fingerprint density at radius 2 is 1.86 bits per heavy atom. The number of nitro benzene ring substituents is 1. The fourth-order valence-electron chi connectivity index (χ4n) is 2.46. The molecule has 0 atom stereocenters. The topological polar surface area (TPSA) is 92.6 Å². The number of thioether (sulfide) groups is 1. The zero-order chi connectivity index (χ0) is 20.3. The molecule has 1 heterocycles. The monoisotopic (exact) mass is 413 g/mol. The normalized spacial score (nSPS) is 15.2. The maximum absolute atomic E-state index is 12.6. The van der Waals surface area contributed by atoms with Crippen molar-refractivity contribution in [3.05, 3.63) is 74.7 Å². The van der Waals surface area contributed by atoms with Gasteiger partial charge in [0.15, 0.2) is 0 Å². The summed E-state index contributed by atoms with van der Waals surface area (Å²) in [6.45, 7) is 1.76. The second kappa shape index (κ2) is 8.32. The number of benzene rings is 2. The fraction of sp³-hybridized carbons (Fsp3) is 0.105. The minimum atomic E-state index is -0.490.